The van der Waals surface area contributed by atoms with Gasteiger partial charge >= 0.3 is 0 Å². The van der Waals surface area contributed by atoms with E-state index in [9.17, 15) is 10.1 Å². The number of anilines is 1. The lowest BCUT2D eigenvalue weighted by molar-refractivity contribution is -0.384. The maximum Gasteiger partial charge on any atom is 0.275 e. The molecule has 21 heavy (non-hydrogen) atoms. The second-order valence-electron chi connectivity index (χ2n) is 4.20. The maximum absolute atomic E-state index is 10.9. The Labute approximate surface area is 122 Å². The largest absolute Gasteiger partial charge is 0.490 e. The highest BCUT2D eigenvalue weighted by Crippen LogP contribution is 2.34. The van der Waals surface area contributed by atoms with Crippen LogP contribution in [0.3, 0.4) is 0 Å². The minimum absolute atomic E-state index is 0.0364. The number of nitrogens with one attached hydrogen (secondary N) is 1. The number of hydrogen-bond acceptors (Lipinski definition) is 5. The van der Waals surface area contributed by atoms with Gasteiger partial charge in [0, 0.05) is 24.9 Å². The van der Waals surface area contributed by atoms with Gasteiger partial charge < -0.3 is 14.8 Å². The van der Waals surface area contributed by atoms with Gasteiger partial charge in [-0.25, -0.2) is 0 Å². The predicted octanol–water partition coefficient (Wildman–Crippen LogP) is 3.83. The molecule has 0 spiro atoms. The number of ether oxygens (including phenoxy) is 2. The third kappa shape index (κ3) is 3.62. The van der Waals surface area contributed by atoms with Gasteiger partial charge in [0.15, 0.2) is 11.5 Å². The van der Waals surface area contributed by atoms with Crippen LogP contribution in [0.15, 0.2) is 42.5 Å². The molecule has 0 amide bonds. The van der Waals surface area contributed by atoms with Gasteiger partial charge in [-0.2, -0.15) is 0 Å². The highest BCUT2D eigenvalue weighted by Gasteiger charge is 2.12. The van der Waals surface area contributed by atoms with E-state index in [4.69, 9.17) is 9.47 Å². The lowest BCUT2D eigenvalue weighted by atomic mass is 10.2. The zero-order valence-corrected chi connectivity index (χ0v) is 11.8. The SMILES string of the molecule is CCOc1ccccc1Oc1cc(NC)cc([N+](=O)[O-])c1. The zero-order chi connectivity index (χ0) is 15.2. The molecule has 0 radical (unpaired) electrons. The first-order chi connectivity index (χ1) is 10.1. The zero-order valence-electron chi connectivity index (χ0n) is 11.8. The first-order valence-corrected chi connectivity index (χ1v) is 6.51. The average molecular weight is 288 g/mol. The summed E-state index contributed by atoms with van der Waals surface area (Å²) in [4.78, 5) is 10.5. The van der Waals surface area contributed by atoms with Crippen molar-refractivity contribution in [1.29, 1.82) is 0 Å². The van der Waals surface area contributed by atoms with Crippen LogP contribution in [0.2, 0.25) is 0 Å². The summed E-state index contributed by atoms with van der Waals surface area (Å²) in [5.74, 6) is 1.49. The van der Waals surface area contributed by atoms with Crippen molar-refractivity contribution in [3.63, 3.8) is 0 Å². The standard InChI is InChI=1S/C15H16N2O4/c1-3-20-14-6-4-5-7-15(14)21-13-9-11(16-2)8-12(10-13)17(18)19/h4-10,16H,3H2,1-2H3. The van der Waals surface area contributed by atoms with E-state index in [-0.39, 0.29) is 5.69 Å². The topological polar surface area (TPSA) is 73.6 Å². The summed E-state index contributed by atoms with van der Waals surface area (Å²) in [5, 5.41) is 13.8. The van der Waals surface area contributed by atoms with Crippen LogP contribution in [-0.2, 0) is 0 Å². The van der Waals surface area contributed by atoms with E-state index in [0.29, 0.717) is 29.5 Å². The highest BCUT2D eigenvalue weighted by molar-refractivity contribution is 5.57. The van der Waals surface area contributed by atoms with Crippen LogP contribution in [0.1, 0.15) is 6.92 Å². The number of rotatable bonds is 6. The van der Waals surface area contributed by atoms with Crippen molar-refractivity contribution in [2.45, 2.75) is 6.92 Å². The Bertz CT molecular complexity index is 643. The smallest absolute Gasteiger partial charge is 0.275 e. The first kappa shape index (κ1) is 14.6. The van der Waals surface area contributed by atoms with Crippen molar-refractivity contribution in [1.82, 2.24) is 0 Å². The highest BCUT2D eigenvalue weighted by atomic mass is 16.6. The number of nitro groups is 1. The molecule has 0 saturated carbocycles. The normalized spacial score (nSPS) is 10.0. The summed E-state index contributed by atoms with van der Waals surface area (Å²) in [6, 6.07) is 11.7. The molecule has 0 aliphatic carbocycles. The third-order valence-electron chi connectivity index (χ3n) is 2.77. The average Bonchev–Trinajstić information content (AvgIpc) is 2.49. The summed E-state index contributed by atoms with van der Waals surface area (Å²) < 4.78 is 11.2. The van der Waals surface area contributed by atoms with Crippen LogP contribution >= 0.6 is 0 Å². The van der Waals surface area contributed by atoms with E-state index in [1.807, 2.05) is 19.1 Å². The van der Waals surface area contributed by atoms with Crippen molar-refractivity contribution in [2.75, 3.05) is 19.0 Å². The molecule has 0 atom stereocenters. The van der Waals surface area contributed by atoms with E-state index in [1.165, 1.54) is 12.1 Å². The quantitative estimate of drug-likeness (QED) is 0.646. The van der Waals surface area contributed by atoms with E-state index in [1.54, 1.807) is 25.2 Å². The van der Waals surface area contributed by atoms with Gasteiger partial charge in [0.1, 0.15) is 5.75 Å². The van der Waals surface area contributed by atoms with Gasteiger partial charge in [-0.15, -0.1) is 0 Å². The summed E-state index contributed by atoms with van der Waals surface area (Å²) in [6.07, 6.45) is 0. The van der Waals surface area contributed by atoms with E-state index < -0.39 is 4.92 Å². The minimum atomic E-state index is -0.456. The number of hydrogen-bond donors (Lipinski definition) is 1. The number of non-ortho nitro benzene ring substituents is 1. The molecule has 6 heteroatoms. The van der Waals surface area contributed by atoms with Crippen LogP contribution in [0.25, 0.3) is 0 Å². The summed E-state index contributed by atoms with van der Waals surface area (Å²) in [5.41, 5.74) is 0.568. The van der Waals surface area contributed by atoms with E-state index in [0.717, 1.165) is 0 Å². The van der Waals surface area contributed by atoms with Crippen molar-refractivity contribution in [3.05, 3.63) is 52.6 Å². The predicted molar refractivity (Wildman–Crippen MR) is 80.3 cm³/mol. The first-order valence-electron chi connectivity index (χ1n) is 6.51. The molecule has 2 aromatic carbocycles. The van der Waals surface area contributed by atoms with Crippen molar-refractivity contribution < 1.29 is 14.4 Å². The second-order valence-corrected chi connectivity index (χ2v) is 4.20. The van der Waals surface area contributed by atoms with E-state index in [2.05, 4.69) is 5.32 Å². The molecule has 2 rings (SSSR count). The lowest BCUT2D eigenvalue weighted by Crippen LogP contribution is -1.97. The van der Waals surface area contributed by atoms with Crippen molar-refractivity contribution >= 4 is 11.4 Å². The Morgan fingerprint density at radius 2 is 1.90 bits per heavy atom. The van der Waals surface area contributed by atoms with Gasteiger partial charge in [0.05, 0.1) is 17.6 Å². The molecule has 0 aliphatic heterocycles. The fourth-order valence-corrected chi connectivity index (χ4v) is 1.83. The van der Waals surface area contributed by atoms with Crippen LogP contribution in [0, 0.1) is 10.1 Å². The Kier molecular flexibility index (Phi) is 4.61. The Balaban J connectivity index is 2.35. The molecule has 0 bridgehead atoms. The number of nitro benzene ring substituents is 1. The molecule has 0 fully saturated rings. The van der Waals surface area contributed by atoms with Crippen molar-refractivity contribution in [2.24, 2.45) is 0 Å². The molecule has 0 unspecified atom stereocenters. The molecule has 0 aliphatic rings. The van der Waals surface area contributed by atoms with Gasteiger partial charge in [0.25, 0.3) is 5.69 Å². The van der Waals surface area contributed by atoms with Gasteiger partial charge in [0.2, 0.25) is 0 Å². The fourth-order valence-electron chi connectivity index (χ4n) is 1.83. The van der Waals surface area contributed by atoms with Crippen LogP contribution in [-0.4, -0.2) is 18.6 Å². The Morgan fingerprint density at radius 3 is 2.52 bits per heavy atom. The van der Waals surface area contributed by atoms with Crippen LogP contribution < -0.4 is 14.8 Å². The maximum atomic E-state index is 10.9. The van der Waals surface area contributed by atoms with Crippen LogP contribution in [0.4, 0.5) is 11.4 Å². The number of para-hydroxylation sites is 2. The van der Waals surface area contributed by atoms with Gasteiger partial charge in [-0.3, -0.25) is 10.1 Å². The minimum Gasteiger partial charge on any atom is -0.490 e. The molecular formula is C15H16N2O4. The molecule has 110 valence electrons. The molecule has 1 N–H and O–H groups in total. The molecule has 0 aromatic heterocycles. The third-order valence-corrected chi connectivity index (χ3v) is 2.77. The number of nitrogens with zero attached hydrogens (tertiary/aromatic N) is 1. The molecule has 6 nitrogen and oxygen atoms in total. The molecule has 0 saturated heterocycles. The molecule has 2 aromatic rings. The second kappa shape index (κ2) is 6.60. The fraction of sp³-hybridized carbons (Fsp3) is 0.200. The van der Waals surface area contributed by atoms with Gasteiger partial charge in [-0.1, -0.05) is 12.1 Å². The Morgan fingerprint density at radius 1 is 1.19 bits per heavy atom. The van der Waals surface area contributed by atoms with Crippen LogP contribution in [0.5, 0.6) is 17.2 Å². The van der Waals surface area contributed by atoms with Gasteiger partial charge in [-0.05, 0) is 19.1 Å². The van der Waals surface area contributed by atoms with Crippen molar-refractivity contribution in [3.8, 4) is 17.2 Å². The molecular weight excluding hydrogens is 272 g/mol. The summed E-state index contributed by atoms with van der Waals surface area (Å²) in [7, 11) is 1.69. The number of benzene rings is 2. The Hall–Kier alpha value is -2.76. The summed E-state index contributed by atoms with van der Waals surface area (Å²) in [6.45, 7) is 2.39. The molecule has 0 heterocycles. The lowest BCUT2D eigenvalue weighted by Gasteiger charge is -2.12. The summed E-state index contributed by atoms with van der Waals surface area (Å²) >= 11 is 0. The van der Waals surface area contributed by atoms with E-state index >= 15 is 0 Å². The monoisotopic (exact) mass is 288 g/mol.